The molecule has 3 nitrogen and oxygen atoms in total. The number of unbranched alkanes of at least 4 members (excludes halogenated alkanes) is 3. The second-order valence-electron chi connectivity index (χ2n) is 5.02. The molecule has 0 N–H and O–H groups in total. The molecule has 0 radical (unpaired) electrons. The molecule has 0 fully saturated rings. The van der Waals surface area contributed by atoms with Crippen LogP contribution in [0.4, 0.5) is 0 Å². The third-order valence-corrected chi connectivity index (χ3v) is 4.08. The molecule has 0 saturated heterocycles. The normalized spacial score (nSPS) is 15.3. The van der Waals surface area contributed by atoms with Crippen molar-refractivity contribution in [3.63, 3.8) is 0 Å². The van der Waals surface area contributed by atoms with Crippen molar-refractivity contribution in [3.05, 3.63) is 39.9 Å². The summed E-state index contributed by atoms with van der Waals surface area (Å²) in [6.07, 6.45) is 4.02. The van der Waals surface area contributed by atoms with E-state index in [1.807, 2.05) is 0 Å². The number of carbonyl (C=O) groups excluding carboxylic acids is 2. The van der Waals surface area contributed by atoms with Crippen LogP contribution in [0.15, 0.2) is 29.3 Å². The average molecular weight is 326 g/mol. The predicted octanol–water partition coefficient (Wildman–Crippen LogP) is 4.24. The number of imide groups is 1. The van der Waals surface area contributed by atoms with E-state index >= 15 is 0 Å². The molecule has 2 rings (SSSR count). The maximum Gasteiger partial charge on any atom is 0.273 e. The van der Waals surface area contributed by atoms with E-state index in [0.717, 1.165) is 25.7 Å². The molecule has 1 aromatic rings. The summed E-state index contributed by atoms with van der Waals surface area (Å²) in [5, 5.41) is 0.571. The molecular weight excluding hydrogens is 309 g/mol. The van der Waals surface area contributed by atoms with E-state index in [1.165, 1.54) is 4.90 Å². The standard InChI is InChI=1S/C16H17Cl2NO2/c1-2-3-4-5-10-19-15(20)13(14(18)16(19)21)11-6-8-12(17)9-7-11/h6-9H,2-5,10H2,1H3. The first-order valence-corrected chi connectivity index (χ1v) is 7.83. The van der Waals surface area contributed by atoms with Gasteiger partial charge in [-0.3, -0.25) is 14.5 Å². The number of benzene rings is 1. The monoisotopic (exact) mass is 325 g/mol. The van der Waals surface area contributed by atoms with Crippen molar-refractivity contribution in [1.82, 2.24) is 4.90 Å². The lowest BCUT2D eigenvalue weighted by molar-refractivity contribution is -0.136. The van der Waals surface area contributed by atoms with Crippen LogP contribution < -0.4 is 0 Å². The van der Waals surface area contributed by atoms with Gasteiger partial charge in [-0.2, -0.15) is 0 Å². The van der Waals surface area contributed by atoms with Gasteiger partial charge in [0.2, 0.25) is 0 Å². The van der Waals surface area contributed by atoms with Crippen molar-refractivity contribution >= 4 is 40.6 Å². The van der Waals surface area contributed by atoms with Crippen LogP contribution in [0.25, 0.3) is 5.57 Å². The van der Waals surface area contributed by atoms with Gasteiger partial charge in [-0.15, -0.1) is 0 Å². The van der Waals surface area contributed by atoms with E-state index < -0.39 is 5.91 Å². The maximum absolute atomic E-state index is 12.4. The Morgan fingerprint density at radius 1 is 0.952 bits per heavy atom. The van der Waals surface area contributed by atoms with Crippen LogP contribution in [0, 0.1) is 0 Å². The van der Waals surface area contributed by atoms with Gasteiger partial charge < -0.3 is 0 Å². The SMILES string of the molecule is CCCCCCN1C(=O)C(Cl)=C(c2ccc(Cl)cc2)C1=O. The number of hydrogen-bond donors (Lipinski definition) is 0. The fraction of sp³-hybridized carbons (Fsp3) is 0.375. The lowest BCUT2D eigenvalue weighted by Gasteiger charge is -2.14. The molecule has 0 spiro atoms. The molecule has 1 heterocycles. The van der Waals surface area contributed by atoms with Gasteiger partial charge in [0.1, 0.15) is 5.03 Å². The minimum Gasteiger partial charge on any atom is -0.274 e. The highest BCUT2D eigenvalue weighted by atomic mass is 35.5. The van der Waals surface area contributed by atoms with E-state index in [0.29, 0.717) is 17.1 Å². The van der Waals surface area contributed by atoms with Crippen molar-refractivity contribution in [2.45, 2.75) is 32.6 Å². The third-order valence-electron chi connectivity index (χ3n) is 3.48. The molecular formula is C16H17Cl2NO2. The molecule has 112 valence electrons. The summed E-state index contributed by atoms with van der Waals surface area (Å²) in [5.41, 5.74) is 0.896. The average Bonchev–Trinajstić information content (AvgIpc) is 2.68. The van der Waals surface area contributed by atoms with Crippen LogP contribution in [0.2, 0.25) is 5.02 Å². The zero-order valence-corrected chi connectivity index (χ0v) is 13.4. The van der Waals surface area contributed by atoms with Gasteiger partial charge in [-0.05, 0) is 24.1 Å². The topological polar surface area (TPSA) is 37.4 Å². The summed E-state index contributed by atoms with van der Waals surface area (Å²) < 4.78 is 0. The maximum atomic E-state index is 12.4. The number of amides is 2. The summed E-state index contributed by atoms with van der Waals surface area (Å²) in [6, 6.07) is 6.75. The predicted molar refractivity (Wildman–Crippen MR) is 85.1 cm³/mol. The van der Waals surface area contributed by atoms with E-state index in [4.69, 9.17) is 23.2 Å². The molecule has 1 aromatic carbocycles. The first kappa shape index (κ1) is 16.1. The molecule has 5 heteroatoms. The summed E-state index contributed by atoms with van der Waals surface area (Å²) >= 11 is 11.9. The van der Waals surface area contributed by atoms with Crippen LogP contribution in [0.3, 0.4) is 0 Å². The van der Waals surface area contributed by atoms with Gasteiger partial charge >= 0.3 is 0 Å². The van der Waals surface area contributed by atoms with Crippen molar-refractivity contribution in [1.29, 1.82) is 0 Å². The molecule has 1 aliphatic heterocycles. The van der Waals surface area contributed by atoms with Gasteiger partial charge in [-0.25, -0.2) is 0 Å². The molecule has 21 heavy (non-hydrogen) atoms. The Bertz CT molecular complexity index is 578. The van der Waals surface area contributed by atoms with Gasteiger partial charge in [0.05, 0.1) is 5.57 Å². The van der Waals surface area contributed by atoms with E-state index in [9.17, 15) is 9.59 Å². The first-order chi connectivity index (χ1) is 10.1. The Kier molecular flexibility index (Phi) is 5.43. The lowest BCUT2D eigenvalue weighted by Crippen LogP contribution is -2.32. The summed E-state index contributed by atoms with van der Waals surface area (Å²) in [7, 11) is 0. The second-order valence-corrected chi connectivity index (χ2v) is 5.83. The smallest absolute Gasteiger partial charge is 0.273 e. The van der Waals surface area contributed by atoms with Crippen LogP contribution in [-0.2, 0) is 9.59 Å². The van der Waals surface area contributed by atoms with Crippen LogP contribution in [0.1, 0.15) is 38.2 Å². The molecule has 0 bridgehead atoms. The second kappa shape index (κ2) is 7.10. The Balaban J connectivity index is 2.14. The highest BCUT2D eigenvalue weighted by molar-refractivity contribution is 6.55. The van der Waals surface area contributed by atoms with E-state index in [1.54, 1.807) is 24.3 Å². The highest BCUT2D eigenvalue weighted by Crippen LogP contribution is 2.32. The van der Waals surface area contributed by atoms with E-state index in [-0.39, 0.29) is 16.5 Å². The van der Waals surface area contributed by atoms with Gasteiger partial charge in [0, 0.05) is 11.6 Å². The lowest BCUT2D eigenvalue weighted by atomic mass is 10.1. The molecule has 2 amide bonds. The Hall–Kier alpha value is -1.32. The minimum atomic E-state index is -0.400. The largest absolute Gasteiger partial charge is 0.274 e. The van der Waals surface area contributed by atoms with Crippen molar-refractivity contribution in [2.75, 3.05) is 6.54 Å². The number of nitrogens with zero attached hydrogens (tertiary/aromatic N) is 1. The molecule has 0 aliphatic carbocycles. The number of carbonyl (C=O) groups is 2. The fourth-order valence-corrected chi connectivity index (χ4v) is 2.73. The van der Waals surface area contributed by atoms with Gasteiger partial charge in [0.15, 0.2) is 0 Å². The number of halogens is 2. The summed E-state index contributed by atoms with van der Waals surface area (Å²) in [6.45, 7) is 2.54. The first-order valence-electron chi connectivity index (χ1n) is 7.08. The van der Waals surface area contributed by atoms with Crippen molar-refractivity contribution in [3.8, 4) is 0 Å². The number of rotatable bonds is 6. The summed E-state index contributed by atoms with van der Waals surface area (Å²) in [5.74, 6) is -0.716. The molecule has 1 aliphatic rings. The van der Waals surface area contributed by atoms with Crippen LogP contribution in [-0.4, -0.2) is 23.3 Å². The Morgan fingerprint density at radius 2 is 1.62 bits per heavy atom. The molecule has 0 unspecified atom stereocenters. The van der Waals surface area contributed by atoms with Gasteiger partial charge in [-0.1, -0.05) is 61.5 Å². The summed E-state index contributed by atoms with van der Waals surface area (Å²) in [4.78, 5) is 25.8. The van der Waals surface area contributed by atoms with Crippen LogP contribution in [0.5, 0.6) is 0 Å². The highest BCUT2D eigenvalue weighted by Gasteiger charge is 2.37. The third kappa shape index (κ3) is 3.47. The molecule has 0 aromatic heterocycles. The zero-order valence-electron chi connectivity index (χ0n) is 11.9. The van der Waals surface area contributed by atoms with Gasteiger partial charge in [0.25, 0.3) is 11.8 Å². The molecule has 0 saturated carbocycles. The quantitative estimate of drug-likeness (QED) is 0.579. The number of hydrogen-bond acceptors (Lipinski definition) is 2. The van der Waals surface area contributed by atoms with Crippen molar-refractivity contribution < 1.29 is 9.59 Å². The fourth-order valence-electron chi connectivity index (χ4n) is 2.31. The van der Waals surface area contributed by atoms with Crippen molar-refractivity contribution in [2.24, 2.45) is 0 Å². The van der Waals surface area contributed by atoms with Crippen LogP contribution >= 0.6 is 23.2 Å². The molecule has 0 atom stereocenters. The van der Waals surface area contributed by atoms with E-state index in [2.05, 4.69) is 6.92 Å². The minimum absolute atomic E-state index is 0.00202. The Labute approximate surface area is 134 Å². The zero-order chi connectivity index (χ0) is 15.4. The Morgan fingerprint density at radius 3 is 2.24 bits per heavy atom.